The van der Waals surface area contributed by atoms with Crippen LogP contribution in [0.15, 0.2) is 73.1 Å². The third kappa shape index (κ3) is 6.16. The van der Waals surface area contributed by atoms with Crippen molar-refractivity contribution in [2.24, 2.45) is 0 Å². The van der Waals surface area contributed by atoms with Gasteiger partial charge in [0.1, 0.15) is 0 Å². The summed E-state index contributed by atoms with van der Waals surface area (Å²) in [6.45, 7) is 3.20. The van der Waals surface area contributed by atoms with Crippen molar-refractivity contribution < 1.29 is 0 Å². The molecule has 0 spiro atoms. The molecule has 0 saturated carbocycles. The second-order valence-corrected chi connectivity index (χ2v) is 7.33. The number of benzene rings is 1. The van der Waals surface area contributed by atoms with E-state index in [0.717, 1.165) is 42.2 Å². The molecule has 1 aromatic carbocycles. The lowest BCUT2D eigenvalue weighted by Gasteiger charge is -2.18. The van der Waals surface area contributed by atoms with Gasteiger partial charge in [-0.3, -0.25) is 9.97 Å². The molecule has 0 amide bonds. The number of halogens is 1. The molecule has 0 aliphatic heterocycles. The number of aromatic nitrogens is 2. The van der Waals surface area contributed by atoms with Crippen molar-refractivity contribution in [3.8, 4) is 0 Å². The van der Waals surface area contributed by atoms with Crippen LogP contribution < -0.4 is 5.32 Å². The number of hydrogen-bond donors (Lipinski definition) is 1. The van der Waals surface area contributed by atoms with Crippen molar-refractivity contribution in [1.82, 2.24) is 15.3 Å². The van der Waals surface area contributed by atoms with Crippen molar-refractivity contribution >= 4 is 11.6 Å². The zero-order chi connectivity index (χ0) is 18.9. The summed E-state index contributed by atoms with van der Waals surface area (Å²) in [5.74, 6) is 0.237. The molecule has 4 heteroatoms. The highest BCUT2D eigenvalue weighted by molar-refractivity contribution is 6.30. The summed E-state index contributed by atoms with van der Waals surface area (Å²) < 4.78 is 0. The van der Waals surface area contributed by atoms with Gasteiger partial charge in [-0.15, -0.1) is 0 Å². The van der Waals surface area contributed by atoms with Gasteiger partial charge in [0.05, 0.1) is 0 Å². The molecule has 3 nitrogen and oxygen atoms in total. The third-order valence-electron chi connectivity index (χ3n) is 4.71. The molecule has 0 aliphatic carbocycles. The first kappa shape index (κ1) is 19.5. The minimum absolute atomic E-state index is 0.237. The minimum atomic E-state index is 0.237. The number of nitrogens with zero attached hydrogens (tertiary/aromatic N) is 2. The maximum atomic E-state index is 5.96. The van der Waals surface area contributed by atoms with Crippen molar-refractivity contribution in [3.63, 3.8) is 0 Å². The zero-order valence-electron chi connectivity index (χ0n) is 15.7. The van der Waals surface area contributed by atoms with E-state index in [-0.39, 0.29) is 5.92 Å². The van der Waals surface area contributed by atoms with Crippen LogP contribution in [0.5, 0.6) is 0 Å². The standard InChI is InChI=1S/C23H26ClN3/c1-18(17-19-10-12-20(24)13-11-19)25-16-6-7-21(22-8-2-4-14-26-22)23-9-3-5-15-27-23/h2-5,8-15,18,21,25H,6-7,16-17H2,1H3. The van der Waals surface area contributed by atoms with Gasteiger partial charge in [-0.1, -0.05) is 35.9 Å². The first-order valence-electron chi connectivity index (χ1n) is 9.52. The summed E-state index contributed by atoms with van der Waals surface area (Å²) in [5.41, 5.74) is 3.48. The van der Waals surface area contributed by atoms with Crippen molar-refractivity contribution in [3.05, 3.63) is 95.0 Å². The van der Waals surface area contributed by atoms with Gasteiger partial charge in [0.25, 0.3) is 0 Å². The summed E-state index contributed by atoms with van der Waals surface area (Å²) >= 11 is 5.96. The monoisotopic (exact) mass is 379 g/mol. The Labute approximate surface area is 166 Å². The Morgan fingerprint density at radius 2 is 1.52 bits per heavy atom. The highest BCUT2D eigenvalue weighted by Crippen LogP contribution is 2.25. The predicted octanol–water partition coefficient (Wildman–Crippen LogP) is 5.26. The summed E-state index contributed by atoms with van der Waals surface area (Å²) in [4.78, 5) is 9.12. The van der Waals surface area contributed by atoms with Crippen molar-refractivity contribution in [2.75, 3.05) is 6.54 Å². The molecule has 0 saturated heterocycles. The van der Waals surface area contributed by atoms with Crippen LogP contribution in [-0.2, 0) is 6.42 Å². The smallest absolute Gasteiger partial charge is 0.0494 e. The van der Waals surface area contributed by atoms with Gasteiger partial charge in [-0.2, -0.15) is 0 Å². The normalized spacial score (nSPS) is 12.3. The fourth-order valence-electron chi connectivity index (χ4n) is 3.31. The van der Waals surface area contributed by atoms with Gasteiger partial charge in [0, 0.05) is 40.8 Å². The second kappa shape index (κ2) is 10.2. The predicted molar refractivity (Wildman–Crippen MR) is 112 cm³/mol. The Bertz CT molecular complexity index is 751. The van der Waals surface area contributed by atoms with Crippen LogP contribution in [0.2, 0.25) is 5.02 Å². The van der Waals surface area contributed by atoms with Crippen LogP contribution in [0.3, 0.4) is 0 Å². The summed E-state index contributed by atoms with van der Waals surface area (Å²) in [6, 6.07) is 20.7. The molecular weight excluding hydrogens is 354 g/mol. The SMILES string of the molecule is CC(Cc1ccc(Cl)cc1)NCCCC(c1ccccn1)c1ccccn1. The highest BCUT2D eigenvalue weighted by atomic mass is 35.5. The second-order valence-electron chi connectivity index (χ2n) is 6.89. The highest BCUT2D eigenvalue weighted by Gasteiger charge is 2.16. The van der Waals surface area contributed by atoms with Crippen molar-refractivity contribution in [1.29, 1.82) is 0 Å². The van der Waals surface area contributed by atoms with Gasteiger partial charge < -0.3 is 5.32 Å². The van der Waals surface area contributed by atoms with E-state index in [1.165, 1.54) is 5.56 Å². The van der Waals surface area contributed by atoms with Crippen molar-refractivity contribution in [2.45, 2.75) is 38.1 Å². The van der Waals surface area contributed by atoms with Crippen LogP contribution in [0.25, 0.3) is 0 Å². The molecule has 3 rings (SSSR count). The Morgan fingerprint density at radius 3 is 2.07 bits per heavy atom. The summed E-state index contributed by atoms with van der Waals surface area (Å²) in [7, 11) is 0. The zero-order valence-corrected chi connectivity index (χ0v) is 16.4. The Morgan fingerprint density at radius 1 is 0.889 bits per heavy atom. The first-order chi connectivity index (χ1) is 13.2. The average Bonchev–Trinajstić information content (AvgIpc) is 2.71. The molecular formula is C23H26ClN3. The minimum Gasteiger partial charge on any atom is -0.314 e. The number of rotatable bonds is 9. The lowest BCUT2D eigenvalue weighted by Crippen LogP contribution is -2.29. The molecule has 0 bridgehead atoms. The fourth-order valence-corrected chi connectivity index (χ4v) is 3.44. The van der Waals surface area contributed by atoms with E-state index in [4.69, 9.17) is 11.6 Å². The largest absolute Gasteiger partial charge is 0.314 e. The van der Waals surface area contributed by atoms with Crippen LogP contribution >= 0.6 is 11.6 Å². The average molecular weight is 380 g/mol. The lowest BCUT2D eigenvalue weighted by atomic mass is 9.94. The molecule has 1 N–H and O–H groups in total. The molecule has 0 radical (unpaired) electrons. The van der Waals surface area contributed by atoms with E-state index >= 15 is 0 Å². The summed E-state index contributed by atoms with van der Waals surface area (Å²) in [5, 5.41) is 4.42. The topological polar surface area (TPSA) is 37.8 Å². The molecule has 3 aromatic rings. The molecule has 140 valence electrons. The molecule has 1 atom stereocenters. The molecule has 0 aliphatic rings. The van der Waals surface area contributed by atoms with Crippen LogP contribution in [0, 0.1) is 0 Å². The van der Waals surface area contributed by atoms with E-state index in [1.54, 1.807) is 0 Å². The van der Waals surface area contributed by atoms with E-state index < -0.39 is 0 Å². The van der Waals surface area contributed by atoms with E-state index in [9.17, 15) is 0 Å². The Balaban J connectivity index is 1.51. The molecule has 27 heavy (non-hydrogen) atoms. The van der Waals surface area contributed by atoms with Gasteiger partial charge in [-0.25, -0.2) is 0 Å². The van der Waals surface area contributed by atoms with E-state index in [2.05, 4.69) is 46.5 Å². The third-order valence-corrected chi connectivity index (χ3v) is 4.96. The fraction of sp³-hybridized carbons (Fsp3) is 0.304. The Hall–Kier alpha value is -2.23. The quantitative estimate of drug-likeness (QED) is 0.515. The van der Waals surface area contributed by atoms with Gasteiger partial charge >= 0.3 is 0 Å². The van der Waals surface area contributed by atoms with Crippen LogP contribution in [-0.4, -0.2) is 22.6 Å². The number of nitrogens with one attached hydrogen (secondary N) is 1. The molecule has 2 heterocycles. The molecule has 2 aromatic heterocycles. The summed E-state index contributed by atoms with van der Waals surface area (Å²) in [6.07, 6.45) is 6.81. The van der Waals surface area contributed by atoms with Gasteiger partial charge in [-0.05, 0) is 74.7 Å². The maximum absolute atomic E-state index is 5.96. The van der Waals surface area contributed by atoms with Gasteiger partial charge in [0.15, 0.2) is 0 Å². The number of pyridine rings is 2. The van der Waals surface area contributed by atoms with E-state index in [0.29, 0.717) is 6.04 Å². The Kier molecular flexibility index (Phi) is 7.37. The number of hydrogen-bond acceptors (Lipinski definition) is 3. The first-order valence-corrected chi connectivity index (χ1v) is 9.90. The van der Waals surface area contributed by atoms with Gasteiger partial charge in [0.2, 0.25) is 0 Å². The van der Waals surface area contributed by atoms with E-state index in [1.807, 2.05) is 48.8 Å². The molecule has 1 unspecified atom stereocenters. The maximum Gasteiger partial charge on any atom is 0.0494 e. The molecule has 0 fully saturated rings. The van der Waals surface area contributed by atoms with Crippen LogP contribution in [0.4, 0.5) is 0 Å². The lowest BCUT2D eigenvalue weighted by molar-refractivity contribution is 0.512. The van der Waals surface area contributed by atoms with Crippen LogP contribution in [0.1, 0.15) is 42.6 Å².